The van der Waals surface area contributed by atoms with Gasteiger partial charge in [-0.1, -0.05) is 35.9 Å². The van der Waals surface area contributed by atoms with Crippen LogP contribution in [0.3, 0.4) is 0 Å². The maximum atomic E-state index is 12.7. The third-order valence-electron chi connectivity index (χ3n) is 4.76. The van der Waals surface area contributed by atoms with Gasteiger partial charge in [0.15, 0.2) is 5.82 Å². The maximum absolute atomic E-state index is 12.7. The molecule has 1 amide bonds. The first-order valence-electron chi connectivity index (χ1n) is 10.0. The van der Waals surface area contributed by atoms with Gasteiger partial charge in [0.05, 0.1) is 11.5 Å². The number of carbonyl (C=O) groups is 1. The van der Waals surface area contributed by atoms with Crippen LogP contribution in [0, 0.1) is 10.1 Å². The van der Waals surface area contributed by atoms with E-state index in [-0.39, 0.29) is 18.2 Å². The van der Waals surface area contributed by atoms with Gasteiger partial charge in [-0.15, -0.1) is 0 Å². The summed E-state index contributed by atoms with van der Waals surface area (Å²) in [6.07, 6.45) is 1.78. The van der Waals surface area contributed by atoms with E-state index in [1.807, 2.05) is 30.3 Å². The molecule has 166 valence electrons. The minimum absolute atomic E-state index is 0.00368. The van der Waals surface area contributed by atoms with Crippen molar-refractivity contribution in [1.82, 2.24) is 9.78 Å². The summed E-state index contributed by atoms with van der Waals surface area (Å²) >= 11 is 6.02. The van der Waals surface area contributed by atoms with Gasteiger partial charge in [0, 0.05) is 35.0 Å². The van der Waals surface area contributed by atoms with Crippen molar-refractivity contribution in [1.29, 1.82) is 0 Å². The highest BCUT2D eigenvalue weighted by molar-refractivity contribution is 6.30. The van der Waals surface area contributed by atoms with Crippen LogP contribution < -0.4 is 10.1 Å². The molecule has 0 saturated carbocycles. The lowest BCUT2D eigenvalue weighted by Gasteiger charge is -2.08. The number of hydrogen-bond donors (Lipinski definition) is 1. The molecule has 4 rings (SSSR count). The summed E-state index contributed by atoms with van der Waals surface area (Å²) in [5.41, 5.74) is 2.25. The maximum Gasteiger partial charge on any atom is 0.269 e. The molecule has 0 unspecified atom stereocenters. The van der Waals surface area contributed by atoms with Crippen molar-refractivity contribution in [3.63, 3.8) is 0 Å². The second-order valence-electron chi connectivity index (χ2n) is 7.22. The lowest BCUT2D eigenvalue weighted by atomic mass is 10.1. The van der Waals surface area contributed by atoms with Crippen molar-refractivity contribution >= 4 is 29.0 Å². The first-order chi connectivity index (χ1) is 16.0. The zero-order valence-electron chi connectivity index (χ0n) is 17.3. The van der Waals surface area contributed by atoms with Gasteiger partial charge < -0.3 is 10.1 Å². The van der Waals surface area contributed by atoms with Crippen molar-refractivity contribution in [3.8, 4) is 5.75 Å². The molecule has 3 aromatic carbocycles. The van der Waals surface area contributed by atoms with E-state index in [0.29, 0.717) is 28.7 Å². The first kappa shape index (κ1) is 22.0. The number of amides is 1. The number of nitrogens with one attached hydrogen (secondary N) is 1. The standard InChI is InChI=1S/C24H19ClN4O4/c25-20-6-2-3-17(14-20)15-28-12-11-23(27-28)26-24(30)19-5-1-4-18(13-19)16-33-22-9-7-21(8-10-22)29(31)32/h1-14H,15-16H2,(H,26,27,30). The topological polar surface area (TPSA) is 99.3 Å². The van der Waals surface area contributed by atoms with E-state index in [2.05, 4.69) is 10.4 Å². The van der Waals surface area contributed by atoms with Crippen LogP contribution >= 0.6 is 11.6 Å². The van der Waals surface area contributed by atoms with E-state index in [1.165, 1.54) is 24.3 Å². The van der Waals surface area contributed by atoms with E-state index >= 15 is 0 Å². The van der Waals surface area contributed by atoms with Crippen LogP contribution in [0.5, 0.6) is 5.75 Å². The van der Waals surface area contributed by atoms with E-state index in [0.717, 1.165) is 11.1 Å². The number of rotatable bonds is 8. The first-order valence-corrected chi connectivity index (χ1v) is 10.4. The molecular formula is C24H19ClN4O4. The molecule has 1 heterocycles. The van der Waals surface area contributed by atoms with E-state index in [4.69, 9.17) is 16.3 Å². The molecule has 9 heteroatoms. The fourth-order valence-electron chi connectivity index (χ4n) is 3.16. The van der Waals surface area contributed by atoms with Crippen molar-refractivity contribution < 1.29 is 14.5 Å². The summed E-state index contributed by atoms with van der Waals surface area (Å²) in [4.78, 5) is 22.9. The molecular weight excluding hydrogens is 444 g/mol. The van der Waals surface area contributed by atoms with Crippen LogP contribution in [-0.4, -0.2) is 20.6 Å². The number of nitro groups is 1. The van der Waals surface area contributed by atoms with E-state index in [9.17, 15) is 14.9 Å². The largest absolute Gasteiger partial charge is 0.489 e. The molecule has 1 N–H and O–H groups in total. The Morgan fingerprint density at radius 1 is 1.03 bits per heavy atom. The molecule has 0 saturated heterocycles. The van der Waals surface area contributed by atoms with Gasteiger partial charge in [-0.05, 0) is 47.5 Å². The average Bonchev–Trinajstić information content (AvgIpc) is 3.24. The molecule has 0 aliphatic rings. The summed E-state index contributed by atoms with van der Waals surface area (Å²) in [7, 11) is 0. The highest BCUT2D eigenvalue weighted by atomic mass is 35.5. The van der Waals surface area contributed by atoms with Crippen molar-refractivity contribution in [3.05, 3.63) is 117 Å². The normalized spacial score (nSPS) is 10.6. The van der Waals surface area contributed by atoms with Gasteiger partial charge in [0.1, 0.15) is 12.4 Å². The Kier molecular flexibility index (Phi) is 6.66. The Hall–Kier alpha value is -4.17. The number of benzene rings is 3. The smallest absolute Gasteiger partial charge is 0.269 e. The second kappa shape index (κ2) is 9.97. The van der Waals surface area contributed by atoms with Gasteiger partial charge in [-0.2, -0.15) is 5.10 Å². The summed E-state index contributed by atoms with van der Waals surface area (Å²) < 4.78 is 7.39. The molecule has 0 aliphatic carbocycles. The number of carbonyl (C=O) groups excluding carboxylic acids is 1. The highest BCUT2D eigenvalue weighted by Gasteiger charge is 2.10. The lowest BCUT2D eigenvalue weighted by molar-refractivity contribution is -0.384. The number of aromatic nitrogens is 2. The van der Waals surface area contributed by atoms with Gasteiger partial charge in [0.2, 0.25) is 0 Å². The van der Waals surface area contributed by atoms with Crippen LogP contribution in [0.1, 0.15) is 21.5 Å². The molecule has 0 radical (unpaired) electrons. The second-order valence-corrected chi connectivity index (χ2v) is 7.66. The third kappa shape index (κ3) is 5.96. The fourth-order valence-corrected chi connectivity index (χ4v) is 3.37. The lowest BCUT2D eigenvalue weighted by Crippen LogP contribution is -2.13. The van der Waals surface area contributed by atoms with Crippen molar-refractivity contribution in [2.45, 2.75) is 13.2 Å². The molecule has 0 fully saturated rings. The third-order valence-corrected chi connectivity index (χ3v) is 4.99. The van der Waals surface area contributed by atoms with Crippen LogP contribution in [0.15, 0.2) is 85.1 Å². The van der Waals surface area contributed by atoms with Crippen molar-refractivity contribution in [2.24, 2.45) is 0 Å². The highest BCUT2D eigenvalue weighted by Crippen LogP contribution is 2.19. The molecule has 8 nitrogen and oxygen atoms in total. The SMILES string of the molecule is O=C(Nc1ccn(Cc2cccc(Cl)c2)n1)c1cccc(COc2ccc([N+](=O)[O-])cc2)c1. The summed E-state index contributed by atoms with van der Waals surface area (Å²) in [6.45, 7) is 0.749. The molecule has 0 aliphatic heterocycles. The van der Waals surface area contributed by atoms with Crippen LogP contribution in [0.4, 0.5) is 11.5 Å². The molecule has 0 bridgehead atoms. The van der Waals surface area contributed by atoms with E-state index < -0.39 is 4.92 Å². The summed E-state index contributed by atoms with van der Waals surface area (Å²) in [5.74, 6) is 0.649. The van der Waals surface area contributed by atoms with Crippen LogP contribution in [0.25, 0.3) is 0 Å². The average molecular weight is 463 g/mol. The van der Waals surface area contributed by atoms with Gasteiger partial charge >= 0.3 is 0 Å². The molecule has 1 aromatic heterocycles. The Morgan fingerprint density at radius 3 is 2.55 bits per heavy atom. The monoisotopic (exact) mass is 462 g/mol. The molecule has 0 spiro atoms. The minimum atomic E-state index is -0.466. The number of non-ortho nitro benzene ring substituents is 1. The number of ether oxygens (including phenoxy) is 1. The van der Waals surface area contributed by atoms with Crippen molar-refractivity contribution in [2.75, 3.05) is 5.32 Å². The Labute approximate surface area is 194 Å². The predicted molar refractivity (Wildman–Crippen MR) is 125 cm³/mol. The minimum Gasteiger partial charge on any atom is -0.489 e. The quantitative estimate of drug-likeness (QED) is 0.282. The van der Waals surface area contributed by atoms with Crippen LogP contribution in [0.2, 0.25) is 5.02 Å². The molecule has 4 aromatic rings. The van der Waals surface area contributed by atoms with E-state index in [1.54, 1.807) is 35.1 Å². The Morgan fingerprint density at radius 2 is 1.79 bits per heavy atom. The molecule has 0 atom stereocenters. The zero-order valence-corrected chi connectivity index (χ0v) is 18.1. The predicted octanol–water partition coefficient (Wildman–Crippen LogP) is 5.32. The van der Waals surface area contributed by atoms with Gasteiger partial charge in [-0.25, -0.2) is 0 Å². The fraction of sp³-hybridized carbons (Fsp3) is 0.0833. The van der Waals surface area contributed by atoms with Gasteiger partial charge in [0.25, 0.3) is 11.6 Å². The number of anilines is 1. The van der Waals surface area contributed by atoms with Gasteiger partial charge in [-0.3, -0.25) is 19.6 Å². The Bertz CT molecular complexity index is 1290. The number of nitrogens with zero attached hydrogens (tertiary/aromatic N) is 3. The zero-order chi connectivity index (χ0) is 23.2. The van der Waals surface area contributed by atoms with Crippen LogP contribution in [-0.2, 0) is 13.2 Å². The summed E-state index contributed by atoms with van der Waals surface area (Å²) in [6, 6.07) is 22.1. The molecule has 33 heavy (non-hydrogen) atoms. The summed E-state index contributed by atoms with van der Waals surface area (Å²) in [5, 5.41) is 18.6. The number of halogens is 1. The number of nitro benzene ring substituents is 1. The number of hydrogen-bond acceptors (Lipinski definition) is 5. The Balaban J connectivity index is 1.35.